The van der Waals surface area contributed by atoms with E-state index in [0.717, 1.165) is 30.0 Å². The average Bonchev–Trinajstić information content (AvgIpc) is 2.67. The third-order valence-corrected chi connectivity index (χ3v) is 4.37. The molecule has 0 saturated carbocycles. The molecule has 2 aromatic carbocycles. The van der Waals surface area contributed by atoms with E-state index in [2.05, 4.69) is 5.32 Å². The van der Waals surface area contributed by atoms with E-state index in [-0.39, 0.29) is 6.10 Å². The van der Waals surface area contributed by atoms with Gasteiger partial charge in [-0.3, -0.25) is 0 Å². The summed E-state index contributed by atoms with van der Waals surface area (Å²) in [6, 6.07) is 9.88. The maximum absolute atomic E-state index is 6.43. The quantitative estimate of drug-likeness (QED) is 0.538. The summed E-state index contributed by atoms with van der Waals surface area (Å²) in [7, 11) is 3.28. The highest BCUT2D eigenvalue weighted by Gasteiger charge is 2.14. The molecule has 28 heavy (non-hydrogen) atoms. The van der Waals surface area contributed by atoms with Gasteiger partial charge in [-0.1, -0.05) is 17.7 Å². The van der Waals surface area contributed by atoms with Gasteiger partial charge >= 0.3 is 0 Å². The lowest BCUT2D eigenvalue weighted by Gasteiger charge is -2.17. The number of methoxy groups -OCH3 is 2. The Morgan fingerprint density at radius 3 is 2.32 bits per heavy atom. The van der Waals surface area contributed by atoms with E-state index < -0.39 is 0 Å². The summed E-state index contributed by atoms with van der Waals surface area (Å²) >= 11 is 6.43. The van der Waals surface area contributed by atoms with Crippen LogP contribution in [-0.4, -0.2) is 33.5 Å². The van der Waals surface area contributed by atoms with Crippen molar-refractivity contribution in [1.29, 1.82) is 0 Å². The Morgan fingerprint density at radius 1 is 0.964 bits per heavy atom. The zero-order valence-electron chi connectivity index (χ0n) is 17.3. The standard InChI is InChI=1S/C22H30ClNO4/c1-6-27-21-13-17(11-18(23)22(21)28-15(2)3)14-24-10-9-16-7-8-19(25-4)20(12-16)26-5/h7-8,11-13,15,24H,6,9-10,14H2,1-5H3. The zero-order chi connectivity index (χ0) is 20.5. The van der Waals surface area contributed by atoms with Crippen molar-refractivity contribution in [3.05, 3.63) is 46.5 Å². The fourth-order valence-corrected chi connectivity index (χ4v) is 3.12. The highest BCUT2D eigenvalue weighted by atomic mass is 35.5. The molecule has 154 valence electrons. The summed E-state index contributed by atoms with van der Waals surface area (Å²) in [6.07, 6.45) is 0.906. The van der Waals surface area contributed by atoms with Gasteiger partial charge in [0.25, 0.3) is 0 Å². The van der Waals surface area contributed by atoms with E-state index in [0.29, 0.717) is 29.7 Å². The van der Waals surface area contributed by atoms with Crippen LogP contribution in [0.15, 0.2) is 30.3 Å². The topological polar surface area (TPSA) is 49.0 Å². The molecule has 0 atom stereocenters. The van der Waals surface area contributed by atoms with Gasteiger partial charge in [0, 0.05) is 6.54 Å². The van der Waals surface area contributed by atoms with Gasteiger partial charge in [0.1, 0.15) is 0 Å². The summed E-state index contributed by atoms with van der Waals surface area (Å²) in [6.45, 7) is 7.95. The van der Waals surface area contributed by atoms with Gasteiger partial charge in [0.05, 0.1) is 32.0 Å². The maximum Gasteiger partial charge on any atom is 0.180 e. The molecule has 5 nitrogen and oxygen atoms in total. The molecule has 1 N–H and O–H groups in total. The SMILES string of the molecule is CCOc1cc(CNCCc2ccc(OC)c(OC)c2)cc(Cl)c1OC(C)C. The number of halogens is 1. The molecule has 0 fully saturated rings. The molecule has 0 bridgehead atoms. The average molecular weight is 408 g/mol. The first-order valence-corrected chi connectivity index (χ1v) is 9.89. The first-order valence-electron chi connectivity index (χ1n) is 9.52. The predicted octanol–water partition coefficient (Wildman–Crippen LogP) is 4.88. The Morgan fingerprint density at radius 2 is 1.68 bits per heavy atom. The van der Waals surface area contributed by atoms with Gasteiger partial charge < -0.3 is 24.3 Å². The van der Waals surface area contributed by atoms with E-state index in [4.69, 9.17) is 30.5 Å². The Hall–Kier alpha value is -2.11. The minimum atomic E-state index is 0.0298. The van der Waals surface area contributed by atoms with Crippen LogP contribution in [0.1, 0.15) is 31.9 Å². The predicted molar refractivity (Wildman–Crippen MR) is 113 cm³/mol. The maximum atomic E-state index is 6.43. The summed E-state index contributed by atoms with van der Waals surface area (Å²) < 4.78 is 22.2. The van der Waals surface area contributed by atoms with Crippen molar-refractivity contribution in [2.24, 2.45) is 0 Å². The van der Waals surface area contributed by atoms with Crippen LogP contribution in [0.4, 0.5) is 0 Å². The van der Waals surface area contributed by atoms with Crippen LogP contribution in [0.25, 0.3) is 0 Å². The molecule has 0 amide bonds. The third kappa shape index (κ3) is 6.21. The molecular formula is C22H30ClNO4. The second-order valence-corrected chi connectivity index (χ2v) is 7.03. The van der Waals surface area contributed by atoms with E-state index in [1.807, 2.05) is 51.1 Å². The van der Waals surface area contributed by atoms with Crippen LogP contribution in [0.3, 0.4) is 0 Å². The van der Waals surface area contributed by atoms with Crippen molar-refractivity contribution < 1.29 is 18.9 Å². The highest BCUT2D eigenvalue weighted by molar-refractivity contribution is 6.32. The first-order chi connectivity index (χ1) is 13.5. The second kappa shape index (κ2) is 11.0. The lowest BCUT2D eigenvalue weighted by molar-refractivity contribution is 0.224. The van der Waals surface area contributed by atoms with Crippen LogP contribution in [0.2, 0.25) is 5.02 Å². The van der Waals surface area contributed by atoms with Crippen molar-refractivity contribution in [3.8, 4) is 23.0 Å². The normalized spacial score (nSPS) is 10.8. The van der Waals surface area contributed by atoms with Gasteiger partial charge in [0.15, 0.2) is 23.0 Å². The van der Waals surface area contributed by atoms with E-state index >= 15 is 0 Å². The smallest absolute Gasteiger partial charge is 0.180 e. The van der Waals surface area contributed by atoms with Gasteiger partial charge in [-0.25, -0.2) is 0 Å². The van der Waals surface area contributed by atoms with Gasteiger partial charge in [-0.2, -0.15) is 0 Å². The number of ether oxygens (including phenoxy) is 4. The van der Waals surface area contributed by atoms with Crippen molar-refractivity contribution in [1.82, 2.24) is 5.32 Å². The molecule has 6 heteroatoms. The summed E-state index contributed by atoms with van der Waals surface area (Å²) in [4.78, 5) is 0. The van der Waals surface area contributed by atoms with E-state index in [1.165, 1.54) is 5.56 Å². The minimum absolute atomic E-state index is 0.0298. The number of rotatable bonds is 11. The number of nitrogens with one attached hydrogen (secondary N) is 1. The summed E-state index contributed by atoms with van der Waals surface area (Å²) in [5, 5.41) is 4.01. The number of benzene rings is 2. The molecule has 0 aliphatic carbocycles. The van der Waals surface area contributed by atoms with Crippen LogP contribution < -0.4 is 24.3 Å². The molecule has 0 aromatic heterocycles. The first kappa shape index (κ1) is 22.2. The van der Waals surface area contributed by atoms with Crippen molar-refractivity contribution in [2.75, 3.05) is 27.4 Å². The second-order valence-electron chi connectivity index (χ2n) is 6.62. The lowest BCUT2D eigenvalue weighted by atomic mass is 10.1. The monoisotopic (exact) mass is 407 g/mol. The molecule has 2 rings (SSSR count). The lowest BCUT2D eigenvalue weighted by Crippen LogP contribution is -2.17. The Bertz CT molecular complexity index is 764. The van der Waals surface area contributed by atoms with Gasteiger partial charge in [0.2, 0.25) is 0 Å². The summed E-state index contributed by atoms with van der Waals surface area (Å²) in [5.74, 6) is 2.77. The van der Waals surface area contributed by atoms with Crippen LogP contribution >= 0.6 is 11.6 Å². The van der Waals surface area contributed by atoms with E-state index in [9.17, 15) is 0 Å². The molecule has 0 aliphatic heterocycles. The minimum Gasteiger partial charge on any atom is -0.493 e. The zero-order valence-corrected chi connectivity index (χ0v) is 18.1. The fraction of sp³-hybridized carbons (Fsp3) is 0.455. The fourth-order valence-electron chi connectivity index (χ4n) is 2.84. The molecule has 0 radical (unpaired) electrons. The third-order valence-electron chi connectivity index (χ3n) is 4.09. The van der Waals surface area contributed by atoms with Crippen molar-refractivity contribution in [3.63, 3.8) is 0 Å². The van der Waals surface area contributed by atoms with Gasteiger partial charge in [-0.05, 0) is 69.1 Å². The molecule has 0 unspecified atom stereocenters. The Kier molecular flexibility index (Phi) is 8.74. The summed E-state index contributed by atoms with van der Waals surface area (Å²) in [5.41, 5.74) is 2.23. The largest absolute Gasteiger partial charge is 0.493 e. The highest BCUT2D eigenvalue weighted by Crippen LogP contribution is 2.37. The Labute approximate surface area is 172 Å². The van der Waals surface area contributed by atoms with Crippen LogP contribution in [-0.2, 0) is 13.0 Å². The number of hydrogen-bond acceptors (Lipinski definition) is 5. The molecule has 0 heterocycles. The van der Waals surface area contributed by atoms with Crippen molar-refractivity contribution >= 4 is 11.6 Å². The molecule has 0 aliphatic rings. The van der Waals surface area contributed by atoms with Crippen molar-refractivity contribution in [2.45, 2.75) is 39.8 Å². The Balaban J connectivity index is 1.97. The molecule has 0 spiro atoms. The van der Waals surface area contributed by atoms with Crippen LogP contribution in [0.5, 0.6) is 23.0 Å². The van der Waals surface area contributed by atoms with E-state index in [1.54, 1.807) is 14.2 Å². The number of hydrogen-bond donors (Lipinski definition) is 1. The molecule has 0 saturated heterocycles. The molecule has 2 aromatic rings. The van der Waals surface area contributed by atoms with Crippen LogP contribution in [0, 0.1) is 0 Å². The van der Waals surface area contributed by atoms with Gasteiger partial charge in [-0.15, -0.1) is 0 Å². The molecular weight excluding hydrogens is 378 g/mol.